The standard InChI is InChI=1S/C58H34N4O2/c63-55-51(39-25-23-31-15-9-21-47-49(31)53(39)61-57(59-47)43-19-7-5-17-37(43)41-27-33-11-1-3-13-35(33)29-45(41)57)56(64)52(55)40-26-24-32-16-10-22-48-50(32)54(40)62-58(60-48)44-20-8-6-18-38(44)42-28-34-12-2-4-14-36(34)30-46(42)58/h1-30,59-61,63H. The molecule has 10 aromatic carbocycles. The molecule has 0 radical (unpaired) electrons. The van der Waals surface area contributed by atoms with E-state index in [0.29, 0.717) is 21.7 Å². The van der Waals surface area contributed by atoms with Crippen LogP contribution in [0.3, 0.4) is 0 Å². The van der Waals surface area contributed by atoms with E-state index in [-0.39, 0.29) is 17.1 Å². The number of rotatable bonds is 1. The van der Waals surface area contributed by atoms with Crippen LogP contribution in [0.2, 0.25) is 0 Å². The molecule has 0 saturated heterocycles. The summed E-state index contributed by atoms with van der Waals surface area (Å²) in [5.41, 5.74) is 11.0. The Morgan fingerprint density at radius 2 is 0.984 bits per heavy atom. The van der Waals surface area contributed by atoms with Gasteiger partial charge in [0.1, 0.15) is 5.76 Å². The highest BCUT2D eigenvalue weighted by molar-refractivity contribution is 6.52. The highest BCUT2D eigenvalue weighted by Gasteiger charge is 2.49. The first-order valence-electron chi connectivity index (χ1n) is 21.8. The Labute approximate surface area is 366 Å². The molecule has 2 heterocycles. The minimum absolute atomic E-state index is 0.0280. The Bertz CT molecular complexity index is 4060. The summed E-state index contributed by atoms with van der Waals surface area (Å²) in [6.45, 7) is 0. The minimum Gasteiger partial charge on any atom is -0.506 e. The zero-order valence-electron chi connectivity index (χ0n) is 34.1. The third-order valence-corrected chi connectivity index (χ3v) is 14.6. The number of anilines is 3. The molecule has 0 bridgehead atoms. The van der Waals surface area contributed by atoms with Crippen molar-refractivity contribution in [2.45, 2.75) is 11.3 Å². The first kappa shape index (κ1) is 34.1. The Morgan fingerprint density at radius 1 is 0.422 bits per heavy atom. The smallest absolute Gasteiger partial charge is 0.201 e. The summed E-state index contributed by atoms with van der Waals surface area (Å²) in [4.78, 5) is 20.9. The summed E-state index contributed by atoms with van der Waals surface area (Å²) in [7, 11) is 0. The van der Waals surface area contributed by atoms with Gasteiger partial charge in [0.25, 0.3) is 0 Å². The highest BCUT2D eigenvalue weighted by atomic mass is 16.3. The molecule has 6 nitrogen and oxygen atoms in total. The first-order valence-corrected chi connectivity index (χ1v) is 21.8. The normalized spacial score (nSPS) is 20.1. The molecule has 6 heteroatoms. The Balaban J connectivity index is 0.972. The molecule has 0 amide bonds. The Kier molecular flexibility index (Phi) is 6.24. The number of fused-ring (bicyclic) bond motifs is 12. The number of allylic oxidation sites excluding steroid dienone is 2. The molecular formula is C58H34N4O2. The monoisotopic (exact) mass is 818 g/mol. The van der Waals surface area contributed by atoms with Gasteiger partial charge in [-0.15, -0.1) is 0 Å². The SMILES string of the molecule is O=C1C(c2ccc3cccc4c3c2NC2(N4)c3ccccc3-c3cc4ccccc4cc32)=C(O)C1=c1ccc2cccc3c2c1=NC1(N3)c2ccccc2-c2cc3ccccc3cc21. The molecule has 64 heavy (non-hydrogen) atoms. The molecule has 4 N–H and O–H groups in total. The second-order valence-corrected chi connectivity index (χ2v) is 17.7. The van der Waals surface area contributed by atoms with Gasteiger partial charge in [-0.05, 0) is 91.0 Å². The van der Waals surface area contributed by atoms with Gasteiger partial charge in [-0.1, -0.05) is 146 Å². The molecule has 298 valence electrons. The molecule has 15 rings (SSSR count). The fraction of sp³-hybridized carbons (Fsp3) is 0.0345. The second kappa shape index (κ2) is 11.7. The molecule has 10 aromatic rings. The van der Waals surface area contributed by atoms with Crippen LogP contribution in [0.25, 0.3) is 76.5 Å². The van der Waals surface area contributed by atoms with Crippen molar-refractivity contribution in [3.63, 3.8) is 0 Å². The van der Waals surface area contributed by atoms with Gasteiger partial charge >= 0.3 is 0 Å². The van der Waals surface area contributed by atoms with Crippen molar-refractivity contribution in [1.29, 1.82) is 0 Å². The Hall–Kier alpha value is -8.48. The lowest BCUT2D eigenvalue weighted by atomic mass is 9.79. The first-order chi connectivity index (χ1) is 31.5. The van der Waals surface area contributed by atoms with Crippen LogP contribution in [0.4, 0.5) is 17.1 Å². The summed E-state index contributed by atoms with van der Waals surface area (Å²) < 4.78 is 0. The van der Waals surface area contributed by atoms with Crippen molar-refractivity contribution in [2.75, 3.05) is 16.0 Å². The highest BCUT2D eigenvalue weighted by Crippen LogP contribution is 2.56. The van der Waals surface area contributed by atoms with E-state index in [0.717, 1.165) is 99.3 Å². The third-order valence-electron chi connectivity index (χ3n) is 14.6. The van der Waals surface area contributed by atoms with Gasteiger partial charge in [0, 0.05) is 55.2 Å². The van der Waals surface area contributed by atoms with Crippen LogP contribution in [0, 0.1) is 0 Å². The maximum absolute atomic E-state index is 15.1. The molecule has 0 fully saturated rings. The lowest BCUT2D eigenvalue weighted by Crippen LogP contribution is -2.45. The van der Waals surface area contributed by atoms with Crippen molar-refractivity contribution in [3.05, 3.63) is 226 Å². The van der Waals surface area contributed by atoms with Crippen LogP contribution in [0.1, 0.15) is 27.8 Å². The molecule has 2 spiro atoms. The summed E-state index contributed by atoms with van der Waals surface area (Å²) in [6.07, 6.45) is 0. The molecule has 0 saturated carbocycles. The zero-order chi connectivity index (χ0) is 42.1. The van der Waals surface area contributed by atoms with Crippen molar-refractivity contribution in [2.24, 2.45) is 4.99 Å². The van der Waals surface area contributed by atoms with E-state index in [2.05, 4.69) is 174 Å². The van der Waals surface area contributed by atoms with Crippen molar-refractivity contribution in [3.8, 4) is 22.3 Å². The van der Waals surface area contributed by atoms with Crippen LogP contribution < -0.4 is 26.5 Å². The van der Waals surface area contributed by atoms with Crippen LogP contribution in [0.15, 0.2) is 193 Å². The van der Waals surface area contributed by atoms with Crippen LogP contribution in [-0.2, 0) is 16.1 Å². The topological polar surface area (TPSA) is 85.8 Å². The number of carbonyl (C=O) groups is 1. The van der Waals surface area contributed by atoms with E-state index < -0.39 is 11.3 Å². The molecule has 2 atom stereocenters. The second-order valence-electron chi connectivity index (χ2n) is 17.7. The molecule has 2 aliphatic heterocycles. The van der Waals surface area contributed by atoms with Gasteiger partial charge in [0.2, 0.25) is 5.78 Å². The van der Waals surface area contributed by atoms with Crippen molar-refractivity contribution >= 4 is 77.1 Å². The number of aliphatic hydroxyl groups is 1. The van der Waals surface area contributed by atoms with E-state index in [1.165, 1.54) is 5.39 Å². The van der Waals surface area contributed by atoms with Crippen LogP contribution in [-0.4, -0.2) is 10.9 Å². The van der Waals surface area contributed by atoms with E-state index in [1.54, 1.807) is 0 Å². The minimum atomic E-state index is -0.966. The van der Waals surface area contributed by atoms with Crippen LogP contribution >= 0.6 is 0 Å². The summed E-state index contributed by atoms with van der Waals surface area (Å²) in [6, 6.07) is 63.5. The van der Waals surface area contributed by atoms with Gasteiger partial charge in [-0.2, -0.15) is 0 Å². The van der Waals surface area contributed by atoms with Gasteiger partial charge in [-0.3, -0.25) is 4.79 Å². The number of Topliss-reactive ketones (excluding diaryl/α,β-unsaturated/α-hetero) is 1. The predicted molar refractivity (Wildman–Crippen MR) is 258 cm³/mol. The van der Waals surface area contributed by atoms with E-state index >= 15 is 4.79 Å². The quantitative estimate of drug-likeness (QED) is 0.133. The largest absolute Gasteiger partial charge is 0.506 e. The van der Waals surface area contributed by atoms with Gasteiger partial charge in [0.05, 0.1) is 22.2 Å². The molecule has 3 aliphatic carbocycles. The molecule has 0 aromatic heterocycles. The predicted octanol–water partition coefficient (Wildman–Crippen LogP) is 11.6. The average Bonchev–Trinajstić information content (AvgIpc) is 3.73. The van der Waals surface area contributed by atoms with E-state index in [4.69, 9.17) is 4.99 Å². The van der Waals surface area contributed by atoms with E-state index in [9.17, 15) is 5.11 Å². The van der Waals surface area contributed by atoms with Crippen LogP contribution in [0.5, 0.6) is 0 Å². The third kappa shape index (κ3) is 4.11. The van der Waals surface area contributed by atoms with E-state index in [1.807, 2.05) is 24.3 Å². The number of benzene rings is 10. The van der Waals surface area contributed by atoms with Gasteiger partial charge in [0.15, 0.2) is 11.3 Å². The fourth-order valence-corrected chi connectivity index (χ4v) is 11.7. The lowest BCUT2D eigenvalue weighted by molar-refractivity contribution is -0.109. The summed E-state index contributed by atoms with van der Waals surface area (Å²) in [5.74, 6) is -0.243. The average molecular weight is 819 g/mol. The summed E-state index contributed by atoms with van der Waals surface area (Å²) >= 11 is 0. The van der Waals surface area contributed by atoms with Gasteiger partial charge < -0.3 is 21.1 Å². The molecule has 2 unspecified atom stereocenters. The zero-order valence-corrected chi connectivity index (χ0v) is 34.1. The molecular weight excluding hydrogens is 785 g/mol. The number of hydrogen-bond acceptors (Lipinski definition) is 6. The van der Waals surface area contributed by atoms with Gasteiger partial charge in [-0.25, -0.2) is 4.99 Å². The maximum atomic E-state index is 15.1. The van der Waals surface area contributed by atoms with Crippen molar-refractivity contribution < 1.29 is 9.90 Å². The fourth-order valence-electron chi connectivity index (χ4n) is 11.7. The number of aliphatic hydroxyl groups excluding tert-OH is 1. The number of carbonyl (C=O) groups excluding carboxylic acids is 1. The number of ketones is 1. The maximum Gasteiger partial charge on any atom is 0.201 e. The summed E-state index contributed by atoms with van der Waals surface area (Å²) in [5, 5.41) is 34.2. The number of nitrogens with zero attached hydrogens (tertiary/aromatic N) is 1. The Morgan fingerprint density at radius 3 is 1.70 bits per heavy atom. The lowest BCUT2D eigenvalue weighted by Gasteiger charge is -2.41. The molecule has 5 aliphatic rings. The number of nitrogens with one attached hydrogen (secondary N) is 3. The van der Waals surface area contributed by atoms with Crippen molar-refractivity contribution in [1.82, 2.24) is 0 Å². The number of hydrogen-bond donors (Lipinski definition) is 4.